The van der Waals surface area contributed by atoms with Crippen LogP contribution in [-0.2, 0) is 12.8 Å². The summed E-state index contributed by atoms with van der Waals surface area (Å²) in [7, 11) is 0. The number of fused-ring (bicyclic) bond motifs is 3. The van der Waals surface area contributed by atoms with Gasteiger partial charge in [-0.2, -0.15) is 0 Å². The molecule has 110 valence electrons. The first kappa shape index (κ1) is 13.1. The van der Waals surface area contributed by atoms with Gasteiger partial charge in [-0.25, -0.2) is 9.78 Å². The highest BCUT2D eigenvalue weighted by atomic mass is 32.1. The third-order valence-corrected chi connectivity index (χ3v) is 5.02. The standard InChI is InChI=1S/C15H10N2O4S/c18-15-12-9-5-3-7-11(9)22-14(12)16-13(21-15)8-4-1-2-6-10(8)17(19)20/h1-2,4,6H,3,5,7H2. The van der Waals surface area contributed by atoms with Crippen molar-refractivity contribution < 1.29 is 9.34 Å². The zero-order chi connectivity index (χ0) is 15.3. The summed E-state index contributed by atoms with van der Waals surface area (Å²) < 4.78 is 5.29. The highest BCUT2D eigenvalue weighted by Gasteiger charge is 2.24. The first-order valence-electron chi connectivity index (χ1n) is 6.84. The van der Waals surface area contributed by atoms with E-state index in [1.54, 1.807) is 12.1 Å². The van der Waals surface area contributed by atoms with Gasteiger partial charge >= 0.3 is 5.63 Å². The minimum atomic E-state index is -0.504. The Hall–Kier alpha value is -2.54. The Morgan fingerprint density at radius 3 is 2.91 bits per heavy atom. The fourth-order valence-electron chi connectivity index (χ4n) is 2.86. The number of hydrogen-bond acceptors (Lipinski definition) is 6. The number of benzene rings is 1. The largest absolute Gasteiger partial charge is 0.403 e. The van der Waals surface area contributed by atoms with E-state index in [0.717, 1.165) is 24.8 Å². The van der Waals surface area contributed by atoms with Crippen LogP contribution in [0.15, 0.2) is 33.5 Å². The van der Waals surface area contributed by atoms with Crippen molar-refractivity contribution in [2.75, 3.05) is 0 Å². The second-order valence-corrected chi connectivity index (χ2v) is 6.20. The molecule has 0 radical (unpaired) electrons. The Morgan fingerprint density at radius 1 is 1.27 bits per heavy atom. The average molecular weight is 314 g/mol. The third kappa shape index (κ3) is 1.86. The molecule has 0 amide bonds. The van der Waals surface area contributed by atoms with Gasteiger partial charge in [0.1, 0.15) is 15.8 Å². The highest BCUT2D eigenvalue weighted by Crippen LogP contribution is 2.36. The van der Waals surface area contributed by atoms with Gasteiger partial charge in [0.15, 0.2) is 0 Å². The van der Waals surface area contributed by atoms with Crippen LogP contribution in [0.25, 0.3) is 21.7 Å². The Labute approximate surface area is 128 Å². The normalized spacial score (nSPS) is 13.5. The molecule has 0 saturated heterocycles. The molecule has 3 aromatic rings. The molecule has 0 fully saturated rings. The number of rotatable bonds is 2. The Bertz CT molecular complexity index is 973. The van der Waals surface area contributed by atoms with E-state index < -0.39 is 10.5 Å². The number of nitrogens with zero attached hydrogens (tertiary/aromatic N) is 2. The van der Waals surface area contributed by atoms with Crippen LogP contribution in [0.2, 0.25) is 0 Å². The van der Waals surface area contributed by atoms with Crippen LogP contribution in [0.4, 0.5) is 5.69 Å². The number of nitro benzene ring substituents is 1. The molecule has 7 heteroatoms. The molecule has 6 nitrogen and oxygen atoms in total. The van der Waals surface area contributed by atoms with Crippen molar-refractivity contribution in [3.63, 3.8) is 0 Å². The summed E-state index contributed by atoms with van der Waals surface area (Å²) in [5, 5.41) is 11.7. The van der Waals surface area contributed by atoms with Crippen molar-refractivity contribution >= 4 is 27.2 Å². The van der Waals surface area contributed by atoms with Crippen molar-refractivity contribution in [2.45, 2.75) is 19.3 Å². The molecule has 0 N–H and O–H groups in total. The second-order valence-electron chi connectivity index (χ2n) is 5.12. The summed E-state index contributed by atoms with van der Waals surface area (Å²) in [5.41, 5.74) is 0.676. The lowest BCUT2D eigenvalue weighted by Gasteiger charge is -2.01. The first-order valence-corrected chi connectivity index (χ1v) is 7.66. The van der Waals surface area contributed by atoms with Gasteiger partial charge in [0, 0.05) is 10.9 Å². The predicted octanol–water partition coefficient (Wildman–Crippen LogP) is 3.31. The summed E-state index contributed by atoms with van der Waals surface area (Å²) in [5.74, 6) is 0.00437. The molecular formula is C15H10N2O4S. The number of para-hydroxylation sites is 1. The van der Waals surface area contributed by atoms with E-state index in [-0.39, 0.29) is 17.1 Å². The van der Waals surface area contributed by atoms with E-state index in [1.807, 2.05) is 0 Å². The second kappa shape index (κ2) is 4.74. The molecule has 22 heavy (non-hydrogen) atoms. The average Bonchev–Trinajstić information content (AvgIpc) is 3.07. The van der Waals surface area contributed by atoms with E-state index in [4.69, 9.17) is 4.42 Å². The van der Waals surface area contributed by atoms with Crippen LogP contribution in [0.1, 0.15) is 16.9 Å². The summed E-state index contributed by atoms with van der Waals surface area (Å²) >= 11 is 1.48. The van der Waals surface area contributed by atoms with Crippen LogP contribution < -0.4 is 5.63 Å². The van der Waals surface area contributed by atoms with Crippen LogP contribution in [-0.4, -0.2) is 9.91 Å². The topological polar surface area (TPSA) is 86.2 Å². The Balaban J connectivity index is 1.98. The first-order chi connectivity index (χ1) is 10.6. The van der Waals surface area contributed by atoms with E-state index in [2.05, 4.69) is 4.98 Å². The minimum Gasteiger partial charge on any atom is -0.403 e. The predicted molar refractivity (Wildman–Crippen MR) is 82.3 cm³/mol. The molecule has 1 aliphatic rings. The van der Waals surface area contributed by atoms with Crippen LogP contribution in [0, 0.1) is 10.1 Å². The van der Waals surface area contributed by atoms with Gasteiger partial charge in [-0.05, 0) is 30.9 Å². The van der Waals surface area contributed by atoms with Crippen LogP contribution in [0.5, 0.6) is 0 Å². The quantitative estimate of drug-likeness (QED) is 0.535. The van der Waals surface area contributed by atoms with Gasteiger partial charge in [0.05, 0.1) is 4.92 Å². The summed E-state index contributed by atoms with van der Waals surface area (Å²) in [6.45, 7) is 0. The molecule has 0 unspecified atom stereocenters. The molecule has 2 aromatic heterocycles. The van der Waals surface area contributed by atoms with Gasteiger partial charge in [-0.3, -0.25) is 10.1 Å². The molecule has 0 bridgehead atoms. The summed E-state index contributed by atoms with van der Waals surface area (Å²) in [4.78, 5) is 29.1. The molecule has 1 aromatic carbocycles. The maximum atomic E-state index is 12.3. The lowest BCUT2D eigenvalue weighted by atomic mass is 10.1. The number of aryl methyl sites for hydroxylation is 2. The Kier molecular flexibility index (Phi) is 2.83. The summed E-state index contributed by atoms with van der Waals surface area (Å²) in [6.07, 6.45) is 2.87. The molecule has 0 spiro atoms. The molecule has 1 aliphatic carbocycles. The summed E-state index contributed by atoms with van der Waals surface area (Å²) in [6, 6.07) is 6.13. The zero-order valence-corrected chi connectivity index (χ0v) is 12.2. The van der Waals surface area contributed by atoms with E-state index >= 15 is 0 Å². The van der Waals surface area contributed by atoms with Gasteiger partial charge in [-0.15, -0.1) is 11.3 Å². The molecule has 2 heterocycles. The van der Waals surface area contributed by atoms with E-state index in [1.165, 1.54) is 28.3 Å². The van der Waals surface area contributed by atoms with Crippen molar-refractivity contribution in [2.24, 2.45) is 0 Å². The van der Waals surface area contributed by atoms with Gasteiger partial charge in [0.2, 0.25) is 5.89 Å². The van der Waals surface area contributed by atoms with Crippen molar-refractivity contribution in [3.8, 4) is 11.5 Å². The fraction of sp³-hybridized carbons (Fsp3) is 0.200. The fourth-order valence-corrected chi connectivity index (χ4v) is 4.11. The Morgan fingerprint density at radius 2 is 2.09 bits per heavy atom. The van der Waals surface area contributed by atoms with E-state index in [0.29, 0.717) is 10.2 Å². The molecular weight excluding hydrogens is 304 g/mol. The number of aromatic nitrogens is 1. The number of thiophene rings is 1. The van der Waals surface area contributed by atoms with Gasteiger partial charge < -0.3 is 4.42 Å². The van der Waals surface area contributed by atoms with Crippen molar-refractivity contribution in [1.29, 1.82) is 0 Å². The highest BCUT2D eigenvalue weighted by molar-refractivity contribution is 7.18. The lowest BCUT2D eigenvalue weighted by molar-refractivity contribution is -0.384. The molecule has 4 rings (SSSR count). The van der Waals surface area contributed by atoms with Crippen LogP contribution in [0.3, 0.4) is 0 Å². The minimum absolute atomic E-state index is 0.00437. The maximum Gasteiger partial charge on any atom is 0.348 e. The van der Waals surface area contributed by atoms with E-state index in [9.17, 15) is 14.9 Å². The maximum absolute atomic E-state index is 12.3. The monoisotopic (exact) mass is 314 g/mol. The van der Waals surface area contributed by atoms with Gasteiger partial charge in [-0.1, -0.05) is 12.1 Å². The lowest BCUT2D eigenvalue weighted by Crippen LogP contribution is -2.04. The molecule has 0 saturated carbocycles. The van der Waals surface area contributed by atoms with Crippen molar-refractivity contribution in [3.05, 3.63) is 55.2 Å². The molecule has 0 aliphatic heterocycles. The van der Waals surface area contributed by atoms with Crippen molar-refractivity contribution in [1.82, 2.24) is 4.98 Å². The smallest absolute Gasteiger partial charge is 0.348 e. The van der Waals surface area contributed by atoms with Crippen LogP contribution >= 0.6 is 11.3 Å². The van der Waals surface area contributed by atoms with Gasteiger partial charge in [0.25, 0.3) is 5.69 Å². The zero-order valence-electron chi connectivity index (χ0n) is 11.4. The number of hydrogen-bond donors (Lipinski definition) is 0. The number of nitro groups is 1. The molecule has 0 atom stereocenters. The third-order valence-electron chi connectivity index (χ3n) is 3.83. The SMILES string of the molecule is O=c1oc(-c2ccccc2[N+](=O)[O-])nc2sc3c(c12)CCC3.